The van der Waals surface area contributed by atoms with Crippen LogP contribution in [0.2, 0.25) is 0 Å². The van der Waals surface area contributed by atoms with Crippen LogP contribution in [-0.4, -0.2) is 19.7 Å². The molecule has 0 radical (unpaired) electrons. The Morgan fingerprint density at radius 2 is 1.96 bits per heavy atom. The zero-order valence-corrected chi connectivity index (χ0v) is 12.8. The van der Waals surface area contributed by atoms with Crippen molar-refractivity contribution in [2.75, 3.05) is 5.32 Å². The molecule has 0 aliphatic carbocycles. The van der Waals surface area contributed by atoms with Crippen LogP contribution >= 0.6 is 11.3 Å². The smallest absolute Gasteiger partial charge is 0.355 e. The highest BCUT2D eigenvalue weighted by Gasteiger charge is 2.33. The minimum absolute atomic E-state index is 0.174. The molecule has 0 spiro atoms. The summed E-state index contributed by atoms with van der Waals surface area (Å²) in [6.45, 7) is 1.86. The van der Waals surface area contributed by atoms with Crippen molar-refractivity contribution in [1.82, 2.24) is 19.7 Å². The molecule has 0 fully saturated rings. The van der Waals surface area contributed by atoms with E-state index in [0.717, 1.165) is 17.4 Å². The molecule has 1 aromatic carbocycles. The van der Waals surface area contributed by atoms with Crippen molar-refractivity contribution in [2.45, 2.75) is 19.1 Å². The molecule has 0 amide bonds. The van der Waals surface area contributed by atoms with Gasteiger partial charge in [-0.25, -0.2) is 14.6 Å². The SMILES string of the molecule is CC(Nc1ncc(C(F)(F)F)s1)c1ccc(-n2cncn2)cc1. The number of thiazole rings is 1. The van der Waals surface area contributed by atoms with E-state index in [-0.39, 0.29) is 11.2 Å². The van der Waals surface area contributed by atoms with E-state index < -0.39 is 11.1 Å². The molecule has 0 saturated carbocycles. The number of benzene rings is 1. The second kappa shape index (κ2) is 5.99. The Labute approximate surface area is 133 Å². The molecule has 3 rings (SSSR count). The largest absolute Gasteiger partial charge is 0.427 e. The fourth-order valence-electron chi connectivity index (χ4n) is 2.00. The maximum Gasteiger partial charge on any atom is 0.427 e. The summed E-state index contributed by atoms with van der Waals surface area (Å²) in [6.07, 6.45) is -0.489. The van der Waals surface area contributed by atoms with Crippen LogP contribution in [0.5, 0.6) is 0 Å². The third kappa shape index (κ3) is 3.50. The maximum absolute atomic E-state index is 12.6. The van der Waals surface area contributed by atoms with Crippen LogP contribution < -0.4 is 5.32 Å². The number of aromatic nitrogens is 4. The van der Waals surface area contributed by atoms with Gasteiger partial charge in [0.05, 0.1) is 17.9 Å². The van der Waals surface area contributed by atoms with E-state index in [1.54, 1.807) is 11.0 Å². The van der Waals surface area contributed by atoms with Gasteiger partial charge in [0.1, 0.15) is 17.5 Å². The van der Waals surface area contributed by atoms with Crippen molar-refractivity contribution < 1.29 is 13.2 Å². The summed E-state index contributed by atoms with van der Waals surface area (Å²) in [7, 11) is 0. The first-order valence-electron chi connectivity index (χ1n) is 6.68. The molecular formula is C14H12F3N5S. The second-order valence-corrected chi connectivity index (χ2v) is 5.86. The van der Waals surface area contributed by atoms with Gasteiger partial charge in [-0.2, -0.15) is 18.3 Å². The van der Waals surface area contributed by atoms with Crippen LogP contribution in [0.4, 0.5) is 18.3 Å². The lowest BCUT2D eigenvalue weighted by Crippen LogP contribution is -2.06. The minimum Gasteiger partial charge on any atom is -0.355 e. The van der Waals surface area contributed by atoms with Gasteiger partial charge in [0.25, 0.3) is 0 Å². The first kappa shape index (κ1) is 15.5. The third-order valence-corrected chi connectivity index (χ3v) is 4.17. The quantitative estimate of drug-likeness (QED) is 0.783. The Kier molecular flexibility index (Phi) is 4.03. The fourth-order valence-corrected chi connectivity index (χ4v) is 2.77. The lowest BCUT2D eigenvalue weighted by Gasteiger charge is -2.13. The molecule has 9 heteroatoms. The Bertz CT molecular complexity index is 765. The van der Waals surface area contributed by atoms with E-state index in [2.05, 4.69) is 20.4 Å². The number of nitrogens with zero attached hydrogens (tertiary/aromatic N) is 4. The summed E-state index contributed by atoms with van der Waals surface area (Å²) in [5.41, 5.74) is 1.78. The molecule has 0 aliphatic heterocycles. The molecule has 1 N–H and O–H groups in total. The van der Waals surface area contributed by atoms with E-state index in [9.17, 15) is 13.2 Å². The van der Waals surface area contributed by atoms with E-state index in [0.29, 0.717) is 11.3 Å². The van der Waals surface area contributed by atoms with Crippen LogP contribution in [-0.2, 0) is 6.18 Å². The molecule has 120 valence electrons. The monoisotopic (exact) mass is 339 g/mol. The van der Waals surface area contributed by atoms with Crippen LogP contribution in [0.3, 0.4) is 0 Å². The molecule has 0 aliphatic rings. The summed E-state index contributed by atoms with van der Waals surface area (Å²) in [6, 6.07) is 7.32. The summed E-state index contributed by atoms with van der Waals surface area (Å²) in [5.74, 6) is 0. The second-order valence-electron chi connectivity index (χ2n) is 4.83. The average molecular weight is 339 g/mol. The van der Waals surface area contributed by atoms with Crippen molar-refractivity contribution in [3.63, 3.8) is 0 Å². The summed E-state index contributed by atoms with van der Waals surface area (Å²) < 4.78 is 39.3. The molecule has 1 unspecified atom stereocenters. The highest BCUT2D eigenvalue weighted by molar-refractivity contribution is 7.15. The number of alkyl halides is 3. The third-order valence-electron chi connectivity index (χ3n) is 3.20. The molecule has 2 heterocycles. The van der Waals surface area contributed by atoms with Crippen LogP contribution in [0.25, 0.3) is 5.69 Å². The molecule has 5 nitrogen and oxygen atoms in total. The van der Waals surface area contributed by atoms with E-state index in [1.807, 2.05) is 31.2 Å². The number of nitrogens with one attached hydrogen (secondary N) is 1. The van der Waals surface area contributed by atoms with E-state index in [4.69, 9.17) is 0 Å². The topological polar surface area (TPSA) is 55.6 Å². The zero-order valence-electron chi connectivity index (χ0n) is 11.9. The number of hydrogen-bond acceptors (Lipinski definition) is 5. The molecule has 3 aromatic rings. The molecule has 0 saturated heterocycles. The Morgan fingerprint density at radius 1 is 1.22 bits per heavy atom. The molecular weight excluding hydrogens is 327 g/mol. The van der Waals surface area contributed by atoms with Gasteiger partial charge in [0.15, 0.2) is 5.13 Å². The highest BCUT2D eigenvalue weighted by Crippen LogP contribution is 2.35. The van der Waals surface area contributed by atoms with Gasteiger partial charge < -0.3 is 5.32 Å². The summed E-state index contributed by atoms with van der Waals surface area (Å²) in [4.78, 5) is 6.93. The number of hydrogen-bond donors (Lipinski definition) is 1. The van der Waals surface area contributed by atoms with Crippen molar-refractivity contribution in [3.8, 4) is 5.69 Å². The van der Waals surface area contributed by atoms with Crippen LogP contribution in [0.1, 0.15) is 23.4 Å². The molecule has 1 atom stereocenters. The van der Waals surface area contributed by atoms with Gasteiger partial charge in [-0.1, -0.05) is 23.5 Å². The maximum atomic E-state index is 12.6. The van der Waals surface area contributed by atoms with Gasteiger partial charge in [0.2, 0.25) is 0 Å². The Hall–Kier alpha value is -2.42. The number of anilines is 1. The van der Waals surface area contributed by atoms with Gasteiger partial charge in [-0.15, -0.1) is 0 Å². The van der Waals surface area contributed by atoms with Gasteiger partial charge >= 0.3 is 6.18 Å². The Balaban J connectivity index is 1.71. The zero-order chi connectivity index (χ0) is 16.4. The molecule has 23 heavy (non-hydrogen) atoms. The van der Waals surface area contributed by atoms with Gasteiger partial charge in [-0.05, 0) is 24.6 Å². The minimum atomic E-state index is -4.36. The summed E-state index contributed by atoms with van der Waals surface area (Å²) in [5, 5.41) is 7.25. The first-order chi connectivity index (χ1) is 10.9. The van der Waals surface area contributed by atoms with E-state index >= 15 is 0 Å². The predicted octanol–water partition coefficient (Wildman–Crippen LogP) is 3.92. The normalized spacial score (nSPS) is 13.0. The fraction of sp³-hybridized carbons (Fsp3) is 0.214. The van der Waals surface area contributed by atoms with Crippen molar-refractivity contribution in [1.29, 1.82) is 0 Å². The van der Waals surface area contributed by atoms with Crippen molar-refractivity contribution >= 4 is 16.5 Å². The van der Waals surface area contributed by atoms with Gasteiger partial charge in [0, 0.05) is 0 Å². The number of rotatable bonds is 4. The van der Waals surface area contributed by atoms with Gasteiger partial charge in [-0.3, -0.25) is 0 Å². The van der Waals surface area contributed by atoms with Crippen LogP contribution in [0, 0.1) is 0 Å². The highest BCUT2D eigenvalue weighted by atomic mass is 32.1. The Morgan fingerprint density at radius 3 is 2.52 bits per heavy atom. The lowest BCUT2D eigenvalue weighted by atomic mass is 10.1. The average Bonchev–Trinajstić information content (AvgIpc) is 3.18. The van der Waals surface area contributed by atoms with Crippen molar-refractivity contribution in [2.24, 2.45) is 0 Å². The lowest BCUT2D eigenvalue weighted by molar-refractivity contribution is -0.134. The van der Waals surface area contributed by atoms with Crippen molar-refractivity contribution in [3.05, 3.63) is 53.6 Å². The standard InChI is InChI=1S/C14H12F3N5S/c1-9(21-13-19-6-12(23-13)14(15,16)17)10-2-4-11(5-3-10)22-8-18-7-20-22/h2-9H,1H3,(H,19,21). The predicted molar refractivity (Wildman–Crippen MR) is 80.5 cm³/mol. The van der Waals surface area contributed by atoms with Crippen LogP contribution in [0.15, 0.2) is 43.1 Å². The molecule has 0 bridgehead atoms. The first-order valence-corrected chi connectivity index (χ1v) is 7.49. The van der Waals surface area contributed by atoms with E-state index in [1.165, 1.54) is 6.33 Å². The summed E-state index contributed by atoms with van der Waals surface area (Å²) >= 11 is 0.594. The molecule has 2 aromatic heterocycles. The number of halogens is 3.